The van der Waals surface area contributed by atoms with Crippen LogP contribution in [0.3, 0.4) is 0 Å². The van der Waals surface area contributed by atoms with Crippen molar-refractivity contribution in [3.8, 4) is 0 Å². The highest BCUT2D eigenvalue weighted by Crippen LogP contribution is 2.16. The summed E-state index contributed by atoms with van der Waals surface area (Å²) < 4.78 is 1.02. The Kier molecular flexibility index (Phi) is 4.87. The Morgan fingerprint density at radius 3 is 2.68 bits per heavy atom. The van der Waals surface area contributed by atoms with Crippen LogP contribution in [0.15, 0.2) is 53.3 Å². The van der Waals surface area contributed by atoms with Crippen LogP contribution in [0.4, 0.5) is 5.69 Å². The van der Waals surface area contributed by atoms with Gasteiger partial charge in [0.15, 0.2) is 5.11 Å². The highest BCUT2D eigenvalue weighted by molar-refractivity contribution is 9.10. The molecule has 19 heavy (non-hydrogen) atoms. The van der Waals surface area contributed by atoms with Crippen LogP contribution in [-0.4, -0.2) is 10.1 Å². The first-order valence-corrected chi connectivity index (χ1v) is 7.08. The van der Waals surface area contributed by atoms with Crippen molar-refractivity contribution in [2.24, 2.45) is 0 Å². The smallest absolute Gasteiger partial charge is 0.171 e. The molecule has 0 spiro atoms. The molecule has 0 aliphatic rings. The topological polar surface area (TPSA) is 37.0 Å². The van der Waals surface area contributed by atoms with Gasteiger partial charge in [0, 0.05) is 22.6 Å². The number of anilines is 1. The number of nitrogens with one attached hydrogen (secondary N) is 2. The molecule has 1 atom stereocenters. The summed E-state index contributed by atoms with van der Waals surface area (Å²) in [5, 5.41) is 7.00. The van der Waals surface area contributed by atoms with Crippen molar-refractivity contribution < 1.29 is 0 Å². The molecule has 1 heterocycles. The Morgan fingerprint density at radius 2 is 2.00 bits per heavy atom. The average molecular weight is 336 g/mol. The number of thiocarbonyl (C=S) groups is 1. The first-order valence-electron chi connectivity index (χ1n) is 5.88. The van der Waals surface area contributed by atoms with E-state index in [9.17, 15) is 0 Å². The number of aromatic nitrogens is 1. The lowest BCUT2D eigenvalue weighted by molar-refractivity contribution is 0.721. The van der Waals surface area contributed by atoms with Crippen molar-refractivity contribution in [1.29, 1.82) is 0 Å². The Bertz CT molecular complexity index is 560. The molecule has 0 bridgehead atoms. The Morgan fingerprint density at radius 1 is 1.26 bits per heavy atom. The number of halogens is 1. The van der Waals surface area contributed by atoms with E-state index in [1.807, 2.05) is 36.4 Å². The van der Waals surface area contributed by atoms with Crippen molar-refractivity contribution in [2.75, 3.05) is 5.32 Å². The van der Waals surface area contributed by atoms with E-state index in [1.54, 1.807) is 12.4 Å². The number of pyridine rings is 1. The second kappa shape index (κ2) is 6.63. The fraction of sp³-hybridized carbons (Fsp3) is 0.143. The number of rotatable bonds is 3. The monoisotopic (exact) mass is 335 g/mol. The minimum absolute atomic E-state index is 0.134. The molecule has 0 aliphatic heterocycles. The molecule has 0 fully saturated rings. The zero-order valence-corrected chi connectivity index (χ0v) is 12.8. The van der Waals surface area contributed by atoms with Crippen molar-refractivity contribution >= 4 is 38.9 Å². The molecular formula is C14H14BrN3S. The molecule has 0 unspecified atom stereocenters. The van der Waals surface area contributed by atoms with Crippen LogP contribution in [0.1, 0.15) is 18.5 Å². The third-order valence-corrected chi connectivity index (χ3v) is 3.35. The molecule has 5 heteroatoms. The summed E-state index contributed by atoms with van der Waals surface area (Å²) in [6, 6.07) is 12.0. The van der Waals surface area contributed by atoms with E-state index in [4.69, 9.17) is 12.2 Å². The van der Waals surface area contributed by atoms with Crippen LogP contribution in [0.2, 0.25) is 0 Å². The molecule has 2 N–H and O–H groups in total. The summed E-state index contributed by atoms with van der Waals surface area (Å²) in [7, 11) is 0. The fourth-order valence-corrected chi connectivity index (χ4v) is 2.36. The SMILES string of the molecule is C[C@@H](NC(=S)Nc1cccc(Br)c1)c1ccncc1. The summed E-state index contributed by atoms with van der Waals surface area (Å²) in [4.78, 5) is 4.00. The summed E-state index contributed by atoms with van der Waals surface area (Å²) in [5.41, 5.74) is 2.10. The van der Waals surface area contributed by atoms with Gasteiger partial charge in [0.1, 0.15) is 0 Å². The van der Waals surface area contributed by atoms with E-state index in [1.165, 1.54) is 0 Å². The van der Waals surface area contributed by atoms with Gasteiger partial charge >= 0.3 is 0 Å². The van der Waals surface area contributed by atoms with E-state index in [2.05, 4.69) is 38.5 Å². The zero-order chi connectivity index (χ0) is 13.7. The number of hydrogen-bond acceptors (Lipinski definition) is 2. The molecule has 1 aromatic carbocycles. The largest absolute Gasteiger partial charge is 0.356 e. The lowest BCUT2D eigenvalue weighted by Gasteiger charge is -2.17. The molecule has 2 rings (SSSR count). The molecular weight excluding hydrogens is 322 g/mol. The summed E-state index contributed by atoms with van der Waals surface area (Å²) in [6.45, 7) is 2.06. The molecule has 1 aromatic heterocycles. The van der Waals surface area contributed by atoms with Gasteiger partial charge in [-0.1, -0.05) is 22.0 Å². The predicted octanol–water partition coefficient (Wildman–Crippen LogP) is 3.89. The van der Waals surface area contributed by atoms with Gasteiger partial charge in [-0.25, -0.2) is 0 Å². The van der Waals surface area contributed by atoms with Crippen LogP contribution < -0.4 is 10.6 Å². The maximum absolute atomic E-state index is 5.30. The van der Waals surface area contributed by atoms with Crippen molar-refractivity contribution in [3.63, 3.8) is 0 Å². The van der Waals surface area contributed by atoms with Gasteiger partial charge in [-0.15, -0.1) is 0 Å². The van der Waals surface area contributed by atoms with Gasteiger partial charge in [-0.3, -0.25) is 4.98 Å². The average Bonchev–Trinajstić information content (AvgIpc) is 2.39. The van der Waals surface area contributed by atoms with Crippen molar-refractivity contribution in [2.45, 2.75) is 13.0 Å². The first kappa shape index (κ1) is 14.0. The van der Waals surface area contributed by atoms with E-state index >= 15 is 0 Å². The van der Waals surface area contributed by atoms with Crippen LogP contribution >= 0.6 is 28.1 Å². The molecule has 0 saturated heterocycles. The molecule has 0 radical (unpaired) electrons. The van der Waals surface area contributed by atoms with Gasteiger partial charge < -0.3 is 10.6 Å². The van der Waals surface area contributed by atoms with Gasteiger partial charge in [0.05, 0.1) is 6.04 Å². The highest BCUT2D eigenvalue weighted by atomic mass is 79.9. The first-order chi connectivity index (χ1) is 9.15. The summed E-state index contributed by atoms with van der Waals surface area (Å²) in [6.07, 6.45) is 3.55. The highest BCUT2D eigenvalue weighted by Gasteiger charge is 2.06. The fourth-order valence-electron chi connectivity index (χ4n) is 1.67. The quantitative estimate of drug-likeness (QED) is 0.834. The third kappa shape index (κ3) is 4.29. The molecule has 0 amide bonds. The zero-order valence-electron chi connectivity index (χ0n) is 10.4. The van der Waals surface area contributed by atoms with E-state index < -0.39 is 0 Å². The maximum atomic E-state index is 5.30. The second-order valence-electron chi connectivity index (χ2n) is 4.11. The standard InChI is InChI=1S/C14H14BrN3S/c1-10(11-5-7-16-8-6-11)17-14(19)18-13-4-2-3-12(15)9-13/h2-10H,1H3,(H2,17,18,19)/t10-/m1/s1. The van der Waals surface area contributed by atoms with Crippen molar-refractivity contribution in [3.05, 3.63) is 58.8 Å². The van der Waals surface area contributed by atoms with Gasteiger partial charge in [-0.05, 0) is 55.0 Å². The van der Waals surface area contributed by atoms with Gasteiger partial charge in [0.25, 0.3) is 0 Å². The summed E-state index contributed by atoms with van der Waals surface area (Å²) >= 11 is 8.73. The van der Waals surface area contributed by atoms with Crippen LogP contribution in [-0.2, 0) is 0 Å². The summed E-state index contributed by atoms with van der Waals surface area (Å²) in [5.74, 6) is 0. The lowest BCUT2D eigenvalue weighted by atomic mass is 10.1. The Hall–Kier alpha value is -1.46. The Balaban J connectivity index is 1.95. The lowest BCUT2D eigenvalue weighted by Crippen LogP contribution is -2.30. The maximum Gasteiger partial charge on any atom is 0.171 e. The van der Waals surface area contributed by atoms with Crippen molar-refractivity contribution in [1.82, 2.24) is 10.3 Å². The normalized spacial score (nSPS) is 11.7. The van der Waals surface area contributed by atoms with Crippen LogP contribution in [0, 0.1) is 0 Å². The predicted molar refractivity (Wildman–Crippen MR) is 86.2 cm³/mol. The third-order valence-electron chi connectivity index (χ3n) is 2.64. The number of benzene rings is 1. The second-order valence-corrected chi connectivity index (χ2v) is 5.43. The van der Waals surface area contributed by atoms with E-state index in [-0.39, 0.29) is 6.04 Å². The van der Waals surface area contributed by atoms with Crippen LogP contribution in [0.5, 0.6) is 0 Å². The molecule has 0 saturated carbocycles. The minimum atomic E-state index is 0.134. The van der Waals surface area contributed by atoms with Gasteiger partial charge in [0.2, 0.25) is 0 Å². The van der Waals surface area contributed by atoms with Crippen LogP contribution in [0.25, 0.3) is 0 Å². The minimum Gasteiger partial charge on any atom is -0.356 e. The number of nitrogens with zero attached hydrogens (tertiary/aromatic N) is 1. The molecule has 3 nitrogen and oxygen atoms in total. The van der Waals surface area contributed by atoms with Gasteiger partial charge in [-0.2, -0.15) is 0 Å². The molecule has 98 valence electrons. The van der Waals surface area contributed by atoms with E-state index in [0.717, 1.165) is 15.7 Å². The van der Waals surface area contributed by atoms with E-state index in [0.29, 0.717) is 5.11 Å². The molecule has 2 aromatic rings. The number of hydrogen-bond donors (Lipinski definition) is 2. The Labute approximate surface area is 126 Å². The molecule has 0 aliphatic carbocycles.